The van der Waals surface area contributed by atoms with Crippen molar-refractivity contribution in [3.05, 3.63) is 28.9 Å². The van der Waals surface area contributed by atoms with E-state index in [1.165, 1.54) is 6.07 Å². The third-order valence-corrected chi connectivity index (χ3v) is 2.72. The number of aromatic nitrogens is 2. The molecule has 0 fully saturated rings. The highest BCUT2D eigenvalue weighted by Crippen LogP contribution is 2.37. The molecule has 0 unspecified atom stereocenters. The lowest BCUT2D eigenvalue weighted by Crippen LogP contribution is -1.90. The molecule has 4 N–H and O–H groups in total. The van der Waals surface area contributed by atoms with Crippen molar-refractivity contribution in [2.45, 2.75) is 6.92 Å². The maximum atomic E-state index is 9.76. The van der Waals surface area contributed by atoms with Crippen LogP contribution < -0.4 is 5.73 Å². The molecule has 2 rings (SSSR count). The van der Waals surface area contributed by atoms with Crippen molar-refractivity contribution in [2.24, 2.45) is 0 Å². The first-order valence-electron chi connectivity index (χ1n) is 4.38. The van der Waals surface area contributed by atoms with E-state index in [1.54, 1.807) is 12.3 Å². The van der Waals surface area contributed by atoms with Crippen LogP contribution in [0.25, 0.3) is 11.1 Å². The number of H-pyrrole nitrogens is 1. The minimum Gasteiger partial charge on any atom is -0.507 e. The van der Waals surface area contributed by atoms with Crippen molar-refractivity contribution in [1.29, 1.82) is 0 Å². The topological polar surface area (TPSA) is 74.9 Å². The van der Waals surface area contributed by atoms with Gasteiger partial charge in [-0.2, -0.15) is 5.10 Å². The highest BCUT2D eigenvalue weighted by molar-refractivity contribution is 6.31. The molecule has 0 aliphatic heterocycles. The molecule has 1 heterocycles. The summed E-state index contributed by atoms with van der Waals surface area (Å²) in [4.78, 5) is 0. The van der Waals surface area contributed by atoms with E-state index in [2.05, 4.69) is 10.2 Å². The summed E-state index contributed by atoms with van der Waals surface area (Å²) in [6.45, 7) is 1.82. The Morgan fingerprint density at radius 1 is 1.47 bits per heavy atom. The van der Waals surface area contributed by atoms with Gasteiger partial charge < -0.3 is 10.8 Å². The number of hydrogen-bond donors (Lipinski definition) is 3. The first-order chi connectivity index (χ1) is 7.11. The molecule has 0 atom stereocenters. The number of halogens is 1. The van der Waals surface area contributed by atoms with Crippen LogP contribution in [0.4, 0.5) is 5.82 Å². The van der Waals surface area contributed by atoms with Gasteiger partial charge in [-0.25, -0.2) is 0 Å². The standard InChI is InChI=1S/C10H10ClN3O/c1-5-7(11)2-3-8(15)9(5)6-4-13-14-10(6)12/h2-4,15H,1H3,(H3,12,13,14). The van der Waals surface area contributed by atoms with E-state index >= 15 is 0 Å². The second-order valence-corrected chi connectivity index (χ2v) is 3.67. The Balaban J connectivity index is 2.72. The molecule has 0 bridgehead atoms. The number of phenolic OH excluding ortho intramolecular Hbond substituents is 1. The normalized spacial score (nSPS) is 10.5. The SMILES string of the molecule is Cc1c(Cl)ccc(O)c1-c1cn[nH]c1N. The van der Waals surface area contributed by atoms with Gasteiger partial charge in [-0.15, -0.1) is 0 Å². The van der Waals surface area contributed by atoms with Crippen LogP contribution in [0.3, 0.4) is 0 Å². The Labute approximate surface area is 91.7 Å². The largest absolute Gasteiger partial charge is 0.507 e. The summed E-state index contributed by atoms with van der Waals surface area (Å²) in [6, 6.07) is 3.18. The van der Waals surface area contributed by atoms with Gasteiger partial charge in [-0.3, -0.25) is 5.10 Å². The van der Waals surface area contributed by atoms with Crippen LogP contribution in [0.1, 0.15) is 5.56 Å². The molecule has 15 heavy (non-hydrogen) atoms. The molecule has 1 aromatic carbocycles. The molecule has 5 heteroatoms. The Kier molecular flexibility index (Phi) is 2.28. The van der Waals surface area contributed by atoms with Gasteiger partial charge in [-0.05, 0) is 24.6 Å². The number of rotatable bonds is 1. The number of nitrogens with zero attached hydrogens (tertiary/aromatic N) is 1. The lowest BCUT2D eigenvalue weighted by atomic mass is 10.0. The van der Waals surface area contributed by atoms with Gasteiger partial charge in [0.1, 0.15) is 11.6 Å². The summed E-state index contributed by atoms with van der Waals surface area (Å²) in [7, 11) is 0. The van der Waals surface area contributed by atoms with Crippen LogP contribution >= 0.6 is 11.6 Å². The predicted molar refractivity (Wildman–Crippen MR) is 59.8 cm³/mol. The molecule has 0 saturated carbocycles. The van der Waals surface area contributed by atoms with Gasteiger partial charge in [-0.1, -0.05) is 11.6 Å². The van der Waals surface area contributed by atoms with Crippen molar-refractivity contribution in [3.63, 3.8) is 0 Å². The number of aromatic amines is 1. The van der Waals surface area contributed by atoms with E-state index in [9.17, 15) is 5.11 Å². The van der Waals surface area contributed by atoms with E-state index in [0.717, 1.165) is 5.56 Å². The smallest absolute Gasteiger partial charge is 0.126 e. The van der Waals surface area contributed by atoms with E-state index in [1.807, 2.05) is 6.92 Å². The summed E-state index contributed by atoms with van der Waals surface area (Å²) in [5.74, 6) is 0.556. The molecule has 0 aliphatic carbocycles. The Hall–Kier alpha value is -1.68. The second kappa shape index (κ2) is 3.47. The number of nitrogens with one attached hydrogen (secondary N) is 1. The Bertz CT molecular complexity index is 507. The average Bonchev–Trinajstić information content (AvgIpc) is 2.60. The van der Waals surface area contributed by atoms with Gasteiger partial charge in [0.2, 0.25) is 0 Å². The maximum absolute atomic E-state index is 9.76. The lowest BCUT2D eigenvalue weighted by molar-refractivity contribution is 0.477. The molecule has 0 saturated heterocycles. The second-order valence-electron chi connectivity index (χ2n) is 3.26. The third kappa shape index (κ3) is 1.53. The highest BCUT2D eigenvalue weighted by Gasteiger charge is 2.14. The molecule has 1 aromatic heterocycles. The van der Waals surface area contributed by atoms with Gasteiger partial charge in [0, 0.05) is 16.1 Å². The summed E-state index contributed by atoms with van der Waals surface area (Å²) in [5.41, 5.74) is 7.75. The molecule has 78 valence electrons. The van der Waals surface area contributed by atoms with Gasteiger partial charge in [0.25, 0.3) is 0 Å². The zero-order valence-electron chi connectivity index (χ0n) is 8.08. The van der Waals surface area contributed by atoms with Gasteiger partial charge in [0.15, 0.2) is 0 Å². The highest BCUT2D eigenvalue weighted by atomic mass is 35.5. The molecular formula is C10H10ClN3O. The number of anilines is 1. The number of aromatic hydroxyl groups is 1. The van der Waals surface area contributed by atoms with Crippen LogP contribution in [0.5, 0.6) is 5.75 Å². The van der Waals surface area contributed by atoms with E-state index in [-0.39, 0.29) is 5.75 Å². The quantitative estimate of drug-likeness (QED) is 0.695. The van der Waals surface area contributed by atoms with Gasteiger partial charge in [0.05, 0.1) is 6.20 Å². The molecule has 2 aromatic rings. The molecule has 0 radical (unpaired) electrons. The lowest BCUT2D eigenvalue weighted by Gasteiger charge is -2.08. The summed E-state index contributed by atoms with van der Waals surface area (Å²) >= 11 is 5.97. The number of benzene rings is 1. The van der Waals surface area contributed by atoms with Gasteiger partial charge >= 0.3 is 0 Å². The molecular weight excluding hydrogens is 214 g/mol. The van der Waals surface area contributed by atoms with E-state index < -0.39 is 0 Å². The van der Waals surface area contributed by atoms with Crippen molar-refractivity contribution < 1.29 is 5.11 Å². The predicted octanol–water partition coefficient (Wildman–Crippen LogP) is 2.33. The van der Waals surface area contributed by atoms with Crippen molar-refractivity contribution >= 4 is 17.4 Å². The minimum atomic E-state index is 0.144. The fourth-order valence-electron chi connectivity index (χ4n) is 1.51. The summed E-state index contributed by atoms with van der Waals surface area (Å²) in [6.07, 6.45) is 1.56. The number of nitrogens with two attached hydrogens (primary N) is 1. The first kappa shape index (κ1) is 9.86. The zero-order valence-corrected chi connectivity index (χ0v) is 8.84. The van der Waals surface area contributed by atoms with Crippen LogP contribution in [0.15, 0.2) is 18.3 Å². The summed E-state index contributed by atoms with van der Waals surface area (Å²) < 4.78 is 0. The van der Waals surface area contributed by atoms with Crippen LogP contribution in [0.2, 0.25) is 5.02 Å². The molecule has 4 nitrogen and oxygen atoms in total. The minimum absolute atomic E-state index is 0.144. The fraction of sp³-hybridized carbons (Fsp3) is 0.100. The number of phenols is 1. The summed E-state index contributed by atoms with van der Waals surface area (Å²) in [5, 5.41) is 16.8. The van der Waals surface area contributed by atoms with Crippen LogP contribution in [-0.2, 0) is 0 Å². The first-order valence-corrected chi connectivity index (χ1v) is 4.76. The van der Waals surface area contributed by atoms with Crippen LogP contribution in [0, 0.1) is 6.92 Å². The molecule has 0 spiro atoms. The number of nitrogen functional groups attached to an aromatic ring is 1. The van der Waals surface area contributed by atoms with Crippen molar-refractivity contribution in [3.8, 4) is 16.9 Å². The van der Waals surface area contributed by atoms with Crippen molar-refractivity contribution in [2.75, 3.05) is 5.73 Å². The Morgan fingerprint density at radius 3 is 2.80 bits per heavy atom. The average molecular weight is 224 g/mol. The van der Waals surface area contributed by atoms with E-state index in [0.29, 0.717) is 22.0 Å². The third-order valence-electron chi connectivity index (χ3n) is 2.32. The van der Waals surface area contributed by atoms with Crippen molar-refractivity contribution in [1.82, 2.24) is 10.2 Å². The van der Waals surface area contributed by atoms with Crippen LogP contribution in [-0.4, -0.2) is 15.3 Å². The molecule has 0 aliphatic rings. The fourth-order valence-corrected chi connectivity index (χ4v) is 1.66. The monoisotopic (exact) mass is 223 g/mol. The molecule has 0 amide bonds. The maximum Gasteiger partial charge on any atom is 0.126 e. The zero-order chi connectivity index (χ0) is 11.0. The number of hydrogen-bond acceptors (Lipinski definition) is 3. The van der Waals surface area contributed by atoms with E-state index in [4.69, 9.17) is 17.3 Å². The Morgan fingerprint density at radius 2 is 2.20 bits per heavy atom.